The number of morpholine rings is 1. The number of benzene rings is 2. The van der Waals surface area contributed by atoms with E-state index in [1.807, 2.05) is 0 Å². The van der Waals surface area contributed by atoms with Crippen LogP contribution in [0, 0.1) is 0 Å². The molecule has 31 heavy (non-hydrogen) atoms. The maximum atomic E-state index is 12.9. The summed E-state index contributed by atoms with van der Waals surface area (Å²) in [6.45, 7) is 3.88. The Kier molecular flexibility index (Phi) is 6.31. The van der Waals surface area contributed by atoms with Crippen molar-refractivity contribution in [3.63, 3.8) is 0 Å². The molecule has 0 spiro atoms. The van der Waals surface area contributed by atoms with Crippen LogP contribution < -0.4 is 9.47 Å². The third-order valence-electron chi connectivity index (χ3n) is 5.89. The molecule has 0 aliphatic carbocycles. The van der Waals surface area contributed by atoms with Gasteiger partial charge in [0.1, 0.15) is 11.5 Å². The lowest BCUT2D eigenvalue weighted by Gasteiger charge is -2.36. The van der Waals surface area contributed by atoms with Crippen molar-refractivity contribution in [1.82, 2.24) is 9.80 Å². The molecule has 0 saturated carbocycles. The fourth-order valence-electron chi connectivity index (χ4n) is 4.08. The second-order valence-electron chi connectivity index (χ2n) is 7.60. The maximum Gasteiger partial charge on any atom is 0.413 e. The Morgan fingerprint density at radius 3 is 2.13 bits per heavy atom. The highest BCUT2D eigenvalue weighted by Crippen LogP contribution is 2.47. The molecule has 0 radical (unpaired) electrons. The van der Waals surface area contributed by atoms with Crippen LogP contribution in [0.5, 0.6) is 11.5 Å². The number of carbonyl (C=O) groups excluding carboxylic acids is 1. The van der Waals surface area contributed by atoms with Gasteiger partial charge in [0.05, 0.1) is 27.4 Å². The van der Waals surface area contributed by atoms with Gasteiger partial charge in [0, 0.05) is 31.7 Å². The van der Waals surface area contributed by atoms with Crippen molar-refractivity contribution in [2.45, 2.75) is 11.8 Å². The van der Waals surface area contributed by atoms with Gasteiger partial charge in [-0.25, -0.2) is 4.79 Å². The summed E-state index contributed by atoms with van der Waals surface area (Å²) in [4.78, 5) is 16.5. The van der Waals surface area contributed by atoms with E-state index in [1.165, 1.54) is 4.90 Å². The molecule has 0 aromatic heterocycles. The minimum Gasteiger partial charge on any atom is -0.497 e. The largest absolute Gasteiger partial charge is 0.497 e. The van der Waals surface area contributed by atoms with Crippen LogP contribution in [-0.2, 0) is 15.2 Å². The number of amides is 1. The summed E-state index contributed by atoms with van der Waals surface area (Å²) in [6.07, 6.45) is -1.43. The van der Waals surface area contributed by atoms with Crippen molar-refractivity contribution in [2.24, 2.45) is 0 Å². The summed E-state index contributed by atoms with van der Waals surface area (Å²) in [6, 6.07) is 14.2. The third kappa shape index (κ3) is 4.19. The highest BCUT2D eigenvalue weighted by molar-refractivity contribution is 5.72. The average Bonchev–Trinajstić information content (AvgIpc) is 3.09. The van der Waals surface area contributed by atoms with Crippen LogP contribution in [0.15, 0.2) is 48.5 Å². The third-order valence-corrected chi connectivity index (χ3v) is 5.89. The highest BCUT2D eigenvalue weighted by Gasteiger charge is 2.56. The van der Waals surface area contributed by atoms with Crippen molar-refractivity contribution in [3.8, 4) is 11.5 Å². The number of nitrogens with zero attached hydrogens (tertiary/aromatic N) is 2. The lowest BCUT2D eigenvalue weighted by atomic mass is 9.91. The first-order valence-corrected chi connectivity index (χ1v) is 10.4. The van der Waals surface area contributed by atoms with Crippen molar-refractivity contribution in [3.05, 3.63) is 59.7 Å². The molecule has 2 atom stereocenters. The quantitative estimate of drug-likeness (QED) is 0.725. The molecule has 2 aliphatic rings. The van der Waals surface area contributed by atoms with Gasteiger partial charge in [0.25, 0.3) is 0 Å². The van der Waals surface area contributed by atoms with E-state index >= 15 is 0 Å². The van der Waals surface area contributed by atoms with Gasteiger partial charge in [-0.05, 0) is 29.8 Å². The number of ether oxygens (including phenoxy) is 4. The minimum absolute atomic E-state index is 0.327. The Hall–Kier alpha value is -2.81. The predicted molar refractivity (Wildman–Crippen MR) is 113 cm³/mol. The first-order chi connectivity index (χ1) is 15.1. The van der Waals surface area contributed by atoms with Crippen LogP contribution in [-0.4, -0.2) is 74.6 Å². The lowest BCUT2D eigenvalue weighted by Crippen LogP contribution is -2.49. The number of carbonyl (C=O) groups is 1. The molecular weight excluding hydrogens is 400 g/mol. The van der Waals surface area contributed by atoms with Gasteiger partial charge in [-0.1, -0.05) is 24.3 Å². The average molecular weight is 428 g/mol. The SMILES string of the molecule is COc1ccc([C@H]2OC(=O)N(CCN3CCOCC3)[C@@]2(O)c2ccc(OC)cc2)cc1. The first-order valence-electron chi connectivity index (χ1n) is 10.4. The van der Waals surface area contributed by atoms with Gasteiger partial charge in [-0.2, -0.15) is 0 Å². The molecule has 1 amide bonds. The van der Waals surface area contributed by atoms with Gasteiger partial charge in [-0.3, -0.25) is 9.80 Å². The van der Waals surface area contributed by atoms with E-state index in [1.54, 1.807) is 62.8 Å². The molecule has 1 N–H and O–H groups in total. The van der Waals surface area contributed by atoms with Crippen molar-refractivity contribution >= 4 is 6.09 Å². The maximum absolute atomic E-state index is 12.9. The second-order valence-corrected chi connectivity index (χ2v) is 7.60. The summed E-state index contributed by atoms with van der Waals surface area (Å²) in [5.41, 5.74) is -0.423. The normalized spacial score (nSPS) is 24.2. The second kappa shape index (κ2) is 9.13. The van der Waals surface area contributed by atoms with Crippen molar-refractivity contribution < 1.29 is 28.8 Å². The van der Waals surface area contributed by atoms with Crippen LogP contribution >= 0.6 is 0 Å². The Labute approximate surface area is 181 Å². The Bertz CT molecular complexity index is 882. The van der Waals surface area contributed by atoms with Gasteiger partial charge < -0.3 is 24.1 Å². The van der Waals surface area contributed by atoms with Crippen LogP contribution in [0.3, 0.4) is 0 Å². The molecule has 2 aliphatic heterocycles. The van der Waals surface area contributed by atoms with Gasteiger partial charge in [-0.15, -0.1) is 0 Å². The molecule has 2 fully saturated rings. The van der Waals surface area contributed by atoms with Gasteiger partial charge >= 0.3 is 6.09 Å². The Balaban J connectivity index is 1.66. The van der Waals surface area contributed by atoms with E-state index in [9.17, 15) is 9.90 Å². The molecule has 0 bridgehead atoms. The zero-order valence-corrected chi connectivity index (χ0v) is 17.8. The highest BCUT2D eigenvalue weighted by atomic mass is 16.6. The van der Waals surface area contributed by atoms with Crippen molar-refractivity contribution in [1.29, 1.82) is 0 Å². The lowest BCUT2D eigenvalue weighted by molar-refractivity contribution is -0.112. The number of cyclic esters (lactones) is 1. The standard InChI is InChI=1S/C23H28N2O6/c1-28-19-7-3-17(4-8-19)21-23(27,18-5-9-20(29-2)10-6-18)25(22(26)31-21)12-11-24-13-15-30-16-14-24/h3-10,21,27H,11-16H2,1-2H3/t21-,23-/m1/s1. The first kappa shape index (κ1) is 21.4. The fraction of sp³-hybridized carbons (Fsp3) is 0.435. The van der Waals surface area contributed by atoms with Crippen molar-refractivity contribution in [2.75, 3.05) is 53.6 Å². The van der Waals surface area contributed by atoms with E-state index < -0.39 is 17.9 Å². The summed E-state index contributed by atoms with van der Waals surface area (Å²) < 4.78 is 21.6. The van der Waals surface area contributed by atoms with Crippen LogP contribution in [0.2, 0.25) is 0 Å². The molecule has 2 aromatic carbocycles. The molecule has 8 heteroatoms. The monoisotopic (exact) mass is 428 g/mol. The number of aliphatic hydroxyl groups is 1. The number of rotatable bonds is 7. The Morgan fingerprint density at radius 2 is 1.55 bits per heavy atom. The smallest absolute Gasteiger partial charge is 0.413 e. The molecule has 2 aromatic rings. The number of hydrogen-bond acceptors (Lipinski definition) is 7. The summed E-state index contributed by atoms with van der Waals surface area (Å²) in [7, 11) is 3.17. The minimum atomic E-state index is -1.66. The molecule has 166 valence electrons. The fourth-order valence-corrected chi connectivity index (χ4v) is 4.08. The zero-order valence-electron chi connectivity index (χ0n) is 17.8. The summed E-state index contributed by atoms with van der Waals surface area (Å²) in [5.74, 6) is 1.35. The number of methoxy groups -OCH3 is 2. The Morgan fingerprint density at radius 1 is 0.968 bits per heavy atom. The molecule has 8 nitrogen and oxygen atoms in total. The summed E-state index contributed by atoms with van der Waals surface area (Å²) >= 11 is 0. The molecule has 0 unspecified atom stereocenters. The number of hydrogen-bond donors (Lipinski definition) is 1. The molecular formula is C23H28N2O6. The topological polar surface area (TPSA) is 80.7 Å². The molecule has 4 rings (SSSR count). The zero-order chi connectivity index (χ0) is 21.8. The van der Waals surface area contributed by atoms with E-state index in [0.717, 1.165) is 13.1 Å². The van der Waals surface area contributed by atoms with E-state index in [4.69, 9.17) is 18.9 Å². The molecule has 2 heterocycles. The summed E-state index contributed by atoms with van der Waals surface area (Å²) in [5, 5.41) is 12.0. The van der Waals surface area contributed by atoms with Crippen LogP contribution in [0.1, 0.15) is 17.2 Å². The predicted octanol–water partition coefficient (Wildman–Crippen LogP) is 2.37. The molecule has 2 saturated heterocycles. The van der Waals surface area contributed by atoms with Gasteiger partial charge in [0.15, 0.2) is 6.10 Å². The van der Waals surface area contributed by atoms with Crippen LogP contribution in [0.4, 0.5) is 4.79 Å². The van der Waals surface area contributed by atoms with Crippen LogP contribution in [0.25, 0.3) is 0 Å². The van der Waals surface area contributed by atoms with E-state index in [2.05, 4.69) is 4.90 Å². The van der Waals surface area contributed by atoms with E-state index in [-0.39, 0.29) is 0 Å². The van der Waals surface area contributed by atoms with E-state index in [0.29, 0.717) is 48.9 Å². The van der Waals surface area contributed by atoms with Gasteiger partial charge in [0.2, 0.25) is 5.72 Å².